The Bertz CT molecular complexity index is 429. The van der Waals surface area contributed by atoms with Crippen LogP contribution in [0.25, 0.3) is 0 Å². The quantitative estimate of drug-likeness (QED) is 0.621. The second-order valence-corrected chi connectivity index (χ2v) is 3.28. The molecule has 100 valence electrons. The zero-order chi connectivity index (χ0) is 13.8. The van der Waals surface area contributed by atoms with Gasteiger partial charge in [-0.15, -0.1) is 13.2 Å². The molecule has 0 heterocycles. The molecule has 0 fully saturated rings. The van der Waals surface area contributed by atoms with Crippen molar-refractivity contribution >= 4 is 5.97 Å². The molecule has 0 aliphatic heterocycles. The highest BCUT2D eigenvalue weighted by atomic mass is 19.4. The van der Waals surface area contributed by atoms with Crippen LogP contribution in [0.3, 0.4) is 0 Å². The minimum absolute atomic E-state index is 0.0869. The van der Waals surface area contributed by atoms with Gasteiger partial charge in [0, 0.05) is 5.56 Å². The van der Waals surface area contributed by atoms with Crippen molar-refractivity contribution in [3.63, 3.8) is 0 Å². The fourth-order valence-electron chi connectivity index (χ4n) is 1.28. The maximum atomic E-state index is 12.9. The van der Waals surface area contributed by atoms with Gasteiger partial charge < -0.3 is 9.47 Å². The summed E-state index contributed by atoms with van der Waals surface area (Å²) in [7, 11) is 0. The van der Waals surface area contributed by atoms with Gasteiger partial charge in [-0.1, -0.05) is 0 Å². The zero-order valence-corrected chi connectivity index (χ0v) is 9.38. The van der Waals surface area contributed by atoms with E-state index in [0.29, 0.717) is 0 Å². The lowest BCUT2D eigenvalue weighted by Crippen LogP contribution is -2.19. The summed E-state index contributed by atoms with van der Waals surface area (Å²) < 4.78 is 57.4. The third-order valence-corrected chi connectivity index (χ3v) is 1.89. The van der Waals surface area contributed by atoms with Gasteiger partial charge in [-0.25, -0.2) is 4.39 Å². The fraction of sp³-hybridized carbons (Fsp3) is 0.364. The average Bonchev–Trinajstić information content (AvgIpc) is 2.20. The summed E-state index contributed by atoms with van der Waals surface area (Å²) >= 11 is 0. The zero-order valence-electron chi connectivity index (χ0n) is 9.38. The molecule has 0 amide bonds. The average molecular weight is 266 g/mol. The van der Waals surface area contributed by atoms with Gasteiger partial charge >= 0.3 is 12.3 Å². The highest BCUT2D eigenvalue weighted by Crippen LogP contribution is 2.27. The van der Waals surface area contributed by atoms with Crippen molar-refractivity contribution in [3.05, 3.63) is 29.6 Å². The second-order valence-electron chi connectivity index (χ2n) is 3.28. The van der Waals surface area contributed by atoms with Crippen LogP contribution < -0.4 is 4.74 Å². The Labute approximate surface area is 100 Å². The molecule has 0 N–H and O–H groups in total. The molecule has 0 radical (unpaired) electrons. The number of carbonyl (C=O) groups excluding carboxylic acids is 1. The lowest BCUT2D eigenvalue weighted by molar-refractivity contribution is -0.275. The van der Waals surface area contributed by atoms with Gasteiger partial charge in [0.05, 0.1) is 13.0 Å². The minimum Gasteiger partial charge on any atom is -0.466 e. The molecule has 0 aliphatic carbocycles. The maximum absolute atomic E-state index is 12.9. The van der Waals surface area contributed by atoms with Crippen LogP contribution in [-0.4, -0.2) is 18.9 Å². The van der Waals surface area contributed by atoms with Crippen LogP contribution in [0.4, 0.5) is 17.6 Å². The molecule has 18 heavy (non-hydrogen) atoms. The van der Waals surface area contributed by atoms with Gasteiger partial charge in [0.15, 0.2) is 0 Å². The van der Waals surface area contributed by atoms with E-state index < -0.39 is 30.3 Å². The van der Waals surface area contributed by atoms with Gasteiger partial charge in [0.1, 0.15) is 11.6 Å². The van der Waals surface area contributed by atoms with E-state index in [1.165, 1.54) is 0 Å². The number of carbonyl (C=O) groups is 1. The van der Waals surface area contributed by atoms with E-state index in [1.54, 1.807) is 6.92 Å². The third-order valence-electron chi connectivity index (χ3n) is 1.89. The maximum Gasteiger partial charge on any atom is 0.573 e. The SMILES string of the molecule is CCOC(=O)Cc1cc(F)ccc1OC(F)(F)F. The molecule has 0 atom stereocenters. The van der Waals surface area contributed by atoms with Crippen LogP contribution >= 0.6 is 0 Å². The van der Waals surface area contributed by atoms with Crippen molar-refractivity contribution in [2.24, 2.45) is 0 Å². The van der Waals surface area contributed by atoms with Crippen LogP contribution in [0.2, 0.25) is 0 Å². The number of hydrogen-bond donors (Lipinski definition) is 0. The van der Waals surface area contributed by atoms with Crippen LogP contribution in [0.15, 0.2) is 18.2 Å². The second kappa shape index (κ2) is 5.70. The first-order valence-electron chi connectivity index (χ1n) is 5.01. The Morgan fingerprint density at radius 2 is 2.00 bits per heavy atom. The first-order chi connectivity index (χ1) is 8.31. The summed E-state index contributed by atoms with van der Waals surface area (Å²) in [4.78, 5) is 11.2. The molecule has 1 aromatic rings. The van der Waals surface area contributed by atoms with Crippen molar-refractivity contribution in [2.75, 3.05) is 6.61 Å². The normalized spacial score (nSPS) is 11.2. The van der Waals surface area contributed by atoms with Crippen molar-refractivity contribution in [3.8, 4) is 5.75 Å². The smallest absolute Gasteiger partial charge is 0.466 e. The molecule has 1 rings (SSSR count). The standard InChI is InChI=1S/C11H10F4O3/c1-2-17-10(16)6-7-5-8(12)3-4-9(7)18-11(13,14)15/h3-5H,2,6H2,1H3. The van der Waals surface area contributed by atoms with E-state index >= 15 is 0 Å². The Hall–Kier alpha value is -1.79. The number of rotatable bonds is 4. The number of halogens is 4. The lowest BCUT2D eigenvalue weighted by atomic mass is 10.1. The molecule has 0 spiro atoms. The third kappa shape index (κ3) is 4.60. The van der Waals surface area contributed by atoms with Crippen LogP contribution in [0.1, 0.15) is 12.5 Å². The van der Waals surface area contributed by atoms with Crippen LogP contribution in [0.5, 0.6) is 5.75 Å². The number of esters is 1. The summed E-state index contributed by atoms with van der Waals surface area (Å²) in [6.07, 6.45) is -5.39. The summed E-state index contributed by atoms with van der Waals surface area (Å²) in [6, 6.07) is 2.44. The number of benzene rings is 1. The Balaban J connectivity index is 2.93. The monoisotopic (exact) mass is 266 g/mol. The van der Waals surface area contributed by atoms with E-state index in [0.717, 1.165) is 18.2 Å². The lowest BCUT2D eigenvalue weighted by Gasteiger charge is -2.12. The molecule has 0 bridgehead atoms. The summed E-state index contributed by atoms with van der Waals surface area (Å²) in [5, 5.41) is 0. The Morgan fingerprint density at radius 3 is 2.56 bits per heavy atom. The number of ether oxygens (including phenoxy) is 2. The molecule has 0 unspecified atom stereocenters. The van der Waals surface area contributed by atoms with Crippen molar-refractivity contribution < 1.29 is 31.8 Å². The summed E-state index contributed by atoms with van der Waals surface area (Å²) in [6.45, 7) is 1.64. The van der Waals surface area contributed by atoms with E-state index in [4.69, 9.17) is 0 Å². The Morgan fingerprint density at radius 1 is 1.33 bits per heavy atom. The number of hydrogen-bond acceptors (Lipinski definition) is 3. The first kappa shape index (κ1) is 14.3. The first-order valence-corrected chi connectivity index (χ1v) is 5.01. The van der Waals surface area contributed by atoms with Crippen LogP contribution in [0, 0.1) is 5.82 Å². The summed E-state index contributed by atoms with van der Waals surface area (Å²) in [5.74, 6) is -2.13. The summed E-state index contributed by atoms with van der Waals surface area (Å²) in [5.41, 5.74) is -0.217. The number of alkyl halides is 3. The van der Waals surface area contributed by atoms with Gasteiger partial charge in [-0.3, -0.25) is 4.79 Å². The molecule has 0 saturated carbocycles. The topological polar surface area (TPSA) is 35.5 Å². The van der Waals surface area contributed by atoms with Crippen molar-refractivity contribution in [2.45, 2.75) is 19.7 Å². The molecule has 7 heteroatoms. The highest BCUT2D eigenvalue weighted by molar-refractivity contribution is 5.73. The largest absolute Gasteiger partial charge is 0.573 e. The van der Waals surface area contributed by atoms with Crippen molar-refractivity contribution in [1.82, 2.24) is 0 Å². The predicted octanol–water partition coefficient (Wildman–Crippen LogP) is 2.83. The minimum atomic E-state index is -4.90. The fourth-order valence-corrected chi connectivity index (χ4v) is 1.28. The van der Waals surface area contributed by atoms with Crippen LogP contribution in [-0.2, 0) is 16.0 Å². The van der Waals surface area contributed by atoms with E-state index in [-0.39, 0.29) is 12.2 Å². The van der Waals surface area contributed by atoms with Gasteiger partial charge in [0.25, 0.3) is 0 Å². The molecule has 0 saturated heterocycles. The Kier molecular flexibility index (Phi) is 4.52. The van der Waals surface area contributed by atoms with Gasteiger partial charge in [-0.2, -0.15) is 0 Å². The molecular formula is C11H10F4O3. The molecular weight excluding hydrogens is 256 g/mol. The predicted molar refractivity (Wildman–Crippen MR) is 53.4 cm³/mol. The molecule has 1 aromatic carbocycles. The van der Waals surface area contributed by atoms with Crippen molar-refractivity contribution in [1.29, 1.82) is 0 Å². The molecule has 0 aromatic heterocycles. The van der Waals surface area contributed by atoms with E-state index in [1.807, 2.05) is 0 Å². The van der Waals surface area contributed by atoms with Gasteiger partial charge in [0.2, 0.25) is 0 Å². The van der Waals surface area contributed by atoms with E-state index in [9.17, 15) is 22.4 Å². The van der Waals surface area contributed by atoms with E-state index in [2.05, 4.69) is 9.47 Å². The highest BCUT2D eigenvalue weighted by Gasteiger charge is 2.32. The van der Waals surface area contributed by atoms with Gasteiger partial charge in [-0.05, 0) is 25.1 Å². The molecule has 0 aliphatic rings. The molecule has 3 nitrogen and oxygen atoms in total.